The first-order valence-electron chi connectivity index (χ1n) is 7.64. The highest BCUT2D eigenvalue weighted by atomic mass is 32.1. The zero-order valence-electron chi connectivity index (χ0n) is 12.6. The first kappa shape index (κ1) is 15.0. The van der Waals surface area contributed by atoms with E-state index in [9.17, 15) is 0 Å². The molecule has 1 fully saturated rings. The number of likely N-dealkylation sites (tertiary alicyclic amines) is 1. The lowest BCUT2D eigenvalue weighted by atomic mass is 9.82. The number of nitrogens with one attached hydrogen (secondary N) is 1. The quantitative estimate of drug-likeness (QED) is 0.857. The van der Waals surface area contributed by atoms with Crippen LogP contribution in [0.3, 0.4) is 0 Å². The van der Waals surface area contributed by atoms with Crippen LogP contribution >= 0.6 is 11.3 Å². The second-order valence-electron chi connectivity index (χ2n) is 5.94. The van der Waals surface area contributed by atoms with Crippen LogP contribution in [0.1, 0.15) is 45.1 Å². The van der Waals surface area contributed by atoms with Crippen molar-refractivity contribution in [3.05, 3.63) is 22.4 Å². The average molecular weight is 280 g/mol. The summed E-state index contributed by atoms with van der Waals surface area (Å²) in [6, 6.07) is 2.80. The van der Waals surface area contributed by atoms with Crippen LogP contribution in [-0.4, -0.2) is 36.6 Å². The summed E-state index contributed by atoms with van der Waals surface area (Å²) in [6.45, 7) is 7.33. The number of likely N-dealkylation sites (N-methyl/N-ethyl adjacent to an activating group) is 1. The van der Waals surface area contributed by atoms with Gasteiger partial charge in [0, 0.05) is 11.6 Å². The first-order valence-corrected chi connectivity index (χ1v) is 8.58. The molecule has 0 aliphatic carbocycles. The molecular weight excluding hydrogens is 252 g/mol. The summed E-state index contributed by atoms with van der Waals surface area (Å²) < 4.78 is 0. The van der Waals surface area contributed by atoms with Crippen LogP contribution in [0.2, 0.25) is 0 Å². The number of thiophene rings is 1. The molecule has 2 rings (SSSR count). The lowest BCUT2D eigenvalue weighted by Crippen LogP contribution is -2.60. The Morgan fingerprint density at radius 3 is 2.63 bits per heavy atom. The summed E-state index contributed by atoms with van der Waals surface area (Å²) >= 11 is 1.80. The molecule has 0 aromatic carbocycles. The molecule has 1 aromatic heterocycles. The van der Waals surface area contributed by atoms with E-state index in [-0.39, 0.29) is 5.54 Å². The summed E-state index contributed by atoms with van der Waals surface area (Å²) in [5.74, 6) is 0. The van der Waals surface area contributed by atoms with Crippen molar-refractivity contribution in [3.63, 3.8) is 0 Å². The third kappa shape index (κ3) is 3.39. The second kappa shape index (κ2) is 6.87. The van der Waals surface area contributed by atoms with Gasteiger partial charge in [-0.2, -0.15) is 11.3 Å². The Labute approximate surface area is 122 Å². The van der Waals surface area contributed by atoms with Crippen LogP contribution in [0.25, 0.3) is 0 Å². The van der Waals surface area contributed by atoms with Gasteiger partial charge in [0.05, 0.1) is 0 Å². The van der Waals surface area contributed by atoms with E-state index < -0.39 is 0 Å². The van der Waals surface area contributed by atoms with Crippen molar-refractivity contribution in [1.29, 1.82) is 0 Å². The molecule has 0 saturated carbocycles. The summed E-state index contributed by atoms with van der Waals surface area (Å²) in [6.07, 6.45) is 6.49. The molecule has 0 spiro atoms. The number of nitrogens with zero attached hydrogens (tertiary/aromatic N) is 1. The van der Waals surface area contributed by atoms with Crippen molar-refractivity contribution in [2.24, 2.45) is 0 Å². The fraction of sp³-hybridized carbons (Fsp3) is 0.750. The van der Waals surface area contributed by atoms with Crippen molar-refractivity contribution in [2.75, 3.05) is 20.1 Å². The molecule has 3 heteroatoms. The van der Waals surface area contributed by atoms with Gasteiger partial charge in [0.1, 0.15) is 0 Å². The zero-order valence-corrected chi connectivity index (χ0v) is 13.4. The fourth-order valence-electron chi connectivity index (χ4n) is 3.37. The van der Waals surface area contributed by atoms with Gasteiger partial charge in [0.2, 0.25) is 0 Å². The Balaban J connectivity index is 2.11. The molecule has 19 heavy (non-hydrogen) atoms. The van der Waals surface area contributed by atoms with Crippen molar-refractivity contribution in [2.45, 2.75) is 57.5 Å². The number of piperidine rings is 1. The minimum absolute atomic E-state index is 0.275. The number of rotatable bonds is 6. The van der Waals surface area contributed by atoms with Gasteiger partial charge in [-0.25, -0.2) is 0 Å². The molecule has 0 amide bonds. The minimum Gasteiger partial charge on any atom is -0.315 e. The van der Waals surface area contributed by atoms with E-state index in [1.165, 1.54) is 44.3 Å². The van der Waals surface area contributed by atoms with E-state index in [1.54, 1.807) is 11.3 Å². The predicted molar refractivity (Wildman–Crippen MR) is 85.0 cm³/mol. The van der Waals surface area contributed by atoms with Crippen LogP contribution in [0.4, 0.5) is 0 Å². The molecule has 1 aromatic rings. The van der Waals surface area contributed by atoms with Crippen LogP contribution in [0.15, 0.2) is 16.8 Å². The van der Waals surface area contributed by atoms with Gasteiger partial charge in [-0.1, -0.05) is 13.3 Å². The molecule has 2 unspecified atom stereocenters. The lowest BCUT2D eigenvalue weighted by Gasteiger charge is -2.48. The number of hydrogen-bond acceptors (Lipinski definition) is 3. The summed E-state index contributed by atoms with van der Waals surface area (Å²) in [4.78, 5) is 2.73. The highest BCUT2D eigenvalue weighted by Gasteiger charge is 2.37. The molecule has 108 valence electrons. The largest absolute Gasteiger partial charge is 0.315 e. The first-order chi connectivity index (χ1) is 9.20. The standard InChI is InChI=1S/C16H28N2S/c1-4-16(2,18-9-6-5-7-10-18)15(17-3)12-14-8-11-19-13-14/h8,11,13,15,17H,4-7,9-10,12H2,1-3H3. The fourth-order valence-corrected chi connectivity index (χ4v) is 4.05. The molecule has 0 radical (unpaired) electrons. The van der Waals surface area contributed by atoms with E-state index in [0.29, 0.717) is 6.04 Å². The molecule has 0 bridgehead atoms. The molecule has 2 nitrogen and oxygen atoms in total. The highest BCUT2D eigenvalue weighted by Crippen LogP contribution is 2.29. The Morgan fingerprint density at radius 2 is 2.11 bits per heavy atom. The minimum atomic E-state index is 0.275. The van der Waals surface area contributed by atoms with Crippen LogP contribution < -0.4 is 5.32 Å². The van der Waals surface area contributed by atoms with Crippen LogP contribution in [0, 0.1) is 0 Å². The summed E-state index contributed by atoms with van der Waals surface area (Å²) in [7, 11) is 2.12. The van der Waals surface area contributed by atoms with Crippen molar-refractivity contribution < 1.29 is 0 Å². The molecule has 1 aliphatic heterocycles. The van der Waals surface area contributed by atoms with Crippen LogP contribution in [0.5, 0.6) is 0 Å². The Hall–Kier alpha value is -0.380. The van der Waals surface area contributed by atoms with E-state index in [0.717, 1.165) is 6.42 Å². The van der Waals surface area contributed by atoms with E-state index in [2.05, 4.69) is 47.9 Å². The van der Waals surface area contributed by atoms with Gasteiger partial charge in [-0.15, -0.1) is 0 Å². The lowest BCUT2D eigenvalue weighted by molar-refractivity contribution is 0.0453. The SMILES string of the molecule is CCC(C)(C(Cc1ccsc1)NC)N1CCCCC1. The third-order valence-corrected chi connectivity index (χ3v) is 5.65. The monoisotopic (exact) mass is 280 g/mol. The maximum Gasteiger partial charge on any atom is 0.0334 e. The van der Waals surface area contributed by atoms with E-state index in [1.807, 2.05) is 0 Å². The van der Waals surface area contributed by atoms with Gasteiger partial charge in [0.15, 0.2) is 0 Å². The van der Waals surface area contributed by atoms with E-state index >= 15 is 0 Å². The molecule has 2 heterocycles. The Morgan fingerprint density at radius 1 is 1.37 bits per heavy atom. The summed E-state index contributed by atoms with van der Waals surface area (Å²) in [5.41, 5.74) is 1.75. The maximum atomic E-state index is 3.59. The van der Waals surface area contributed by atoms with Crippen molar-refractivity contribution >= 4 is 11.3 Å². The van der Waals surface area contributed by atoms with Gasteiger partial charge in [-0.05, 0) is 75.1 Å². The second-order valence-corrected chi connectivity index (χ2v) is 6.72. The van der Waals surface area contributed by atoms with E-state index in [4.69, 9.17) is 0 Å². The van der Waals surface area contributed by atoms with Crippen molar-refractivity contribution in [3.8, 4) is 0 Å². The summed E-state index contributed by atoms with van der Waals surface area (Å²) in [5, 5.41) is 8.07. The van der Waals surface area contributed by atoms with Gasteiger partial charge in [-0.3, -0.25) is 4.90 Å². The zero-order chi connectivity index (χ0) is 13.7. The Bertz CT molecular complexity index is 357. The van der Waals surface area contributed by atoms with Gasteiger partial charge in [0.25, 0.3) is 0 Å². The smallest absolute Gasteiger partial charge is 0.0334 e. The van der Waals surface area contributed by atoms with Crippen molar-refractivity contribution in [1.82, 2.24) is 10.2 Å². The van der Waals surface area contributed by atoms with Crippen LogP contribution in [-0.2, 0) is 6.42 Å². The van der Waals surface area contributed by atoms with Gasteiger partial charge < -0.3 is 5.32 Å². The molecule has 1 N–H and O–H groups in total. The topological polar surface area (TPSA) is 15.3 Å². The highest BCUT2D eigenvalue weighted by molar-refractivity contribution is 7.07. The maximum absolute atomic E-state index is 3.59. The molecule has 1 saturated heterocycles. The number of hydrogen-bond donors (Lipinski definition) is 1. The normalized spacial score (nSPS) is 22.1. The molecular formula is C16H28N2S. The molecule has 2 atom stereocenters. The average Bonchev–Trinajstić information content (AvgIpc) is 2.98. The Kier molecular flexibility index (Phi) is 5.43. The predicted octanol–water partition coefficient (Wildman–Crippen LogP) is 3.53. The molecule has 1 aliphatic rings. The van der Waals surface area contributed by atoms with Gasteiger partial charge >= 0.3 is 0 Å². The third-order valence-electron chi connectivity index (χ3n) is 4.91.